The number of piperidine rings is 1. The minimum atomic E-state index is 0.0655. The van der Waals surface area contributed by atoms with Gasteiger partial charge in [-0.1, -0.05) is 0 Å². The van der Waals surface area contributed by atoms with Gasteiger partial charge in [0, 0.05) is 23.2 Å². The third-order valence-electron chi connectivity index (χ3n) is 4.90. The first kappa shape index (κ1) is 16.7. The number of hydrogen-bond donors (Lipinski definition) is 1. The number of aryl methyl sites for hydroxylation is 1. The lowest BCUT2D eigenvalue weighted by Crippen LogP contribution is -2.35. The van der Waals surface area contributed by atoms with Crippen molar-refractivity contribution < 1.29 is 4.79 Å². The summed E-state index contributed by atoms with van der Waals surface area (Å²) in [5.74, 6) is 0.725. The average molecular weight is 350 g/mol. The first-order valence-corrected chi connectivity index (χ1v) is 8.86. The van der Waals surface area contributed by atoms with Crippen LogP contribution in [-0.2, 0) is 4.79 Å². The van der Waals surface area contributed by atoms with Gasteiger partial charge in [-0.3, -0.25) is 4.79 Å². The predicted molar refractivity (Wildman–Crippen MR) is 99.8 cm³/mol. The molecule has 0 saturated carbocycles. The molecule has 26 heavy (non-hydrogen) atoms. The van der Waals surface area contributed by atoms with Gasteiger partial charge in [0.15, 0.2) is 5.82 Å². The molecule has 0 atom stereocenters. The van der Waals surface area contributed by atoms with Gasteiger partial charge in [-0.25, -0.2) is 4.98 Å². The van der Waals surface area contributed by atoms with E-state index in [2.05, 4.69) is 32.4 Å². The standard InChI is InChI=1S/C19H22N6O/c1-13-9-16(10-20-23-13)15-3-4-18-21-17(12-25(18)11-15)22-19(26)14-5-7-24(2)8-6-14/h3-4,9-12,14H,5-8H2,1-2H3,(H,22,26). The normalized spacial score (nSPS) is 16.1. The van der Waals surface area contributed by atoms with Crippen LogP contribution in [0.5, 0.6) is 0 Å². The first-order valence-electron chi connectivity index (χ1n) is 8.86. The minimum absolute atomic E-state index is 0.0655. The molecule has 7 heteroatoms. The predicted octanol–water partition coefficient (Wildman–Crippen LogP) is 2.38. The molecular formula is C19H22N6O. The molecule has 0 spiro atoms. The highest BCUT2D eigenvalue weighted by Crippen LogP contribution is 2.22. The third-order valence-corrected chi connectivity index (χ3v) is 4.90. The van der Waals surface area contributed by atoms with Crippen molar-refractivity contribution in [3.63, 3.8) is 0 Å². The Bertz CT molecular complexity index is 942. The molecule has 0 aliphatic carbocycles. The van der Waals surface area contributed by atoms with Crippen molar-refractivity contribution in [2.45, 2.75) is 19.8 Å². The van der Waals surface area contributed by atoms with E-state index >= 15 is 0 Å². The van der Waals surface area contributed by atoms with Gasteiger partial charge >= 0.3 is 0 Å². The summed E-state index contributed by atoms with van der Waals surface area (Å²) in [5.41, 5.74) is 3.71. The molecule has 3 aromatic rings. The Kier molecular flexibility index (Phi) is 4.38. The van der Waals surface area contributed by atoms with E-state index in [9.17, 15) is 4.79 Å². The van der Waals surface area contributed by atoms with E-state index in [1.165, 1.54) is 0 Å². The largest absolute Gasteiger partial charge is 0.309 e. The lowest BCUT2D eigenvalue weighted by atomic mass is 9.96. The molecule has 0 bridgehead atoms. The van der Waals surface area contributed by atoms with Crippen LogP contribution < -0.4 is 5.32 Å². The summed E-state index contributed by atoms with van der Waals surface area (Å²) in [6, 6.07) is 5.94. The highest BCUT2D eigenvalue weighted by atomic mass is 16.2. The van der Waals surface area contributed by atoms with Gasteiger partial charge in [0.05, 0.1) is 18.1 Å². The van der Waals surface area contributed by atoms with Crippen LogP contribution in [0.25, 0.3) is 16.8 Å². The Morgan fingerprint density at radius 3 is 2.77 bits per heavy atom. The molecule has 1 saturated heterocycles. The zero-order valence-corrected chi connectivity index (χ0v) is 15.0. The highest BCUT2D eigenvalue weighted by Gasteiger charge is 2.23. The quantitative estimate of drug-likeness (QED) is 0.785. The van der Waals surface area contributed by atoms with Crippen molar-refractivity contribution >= 4 is 17.4 Å². The van der Waals surface area contributed by atoms with E-state index in [1.54, 1.807) is 6.20 Å². The van der Waals surface area contributed by atoms with Crippen LogP contribution in [0, 0.1) is 12.8 Å². The summed E-state index contributed by atoms with van der Waals surface area (Å²) in [4.78, 5) is 19.2. The van der Waals surface area contributed by atoms with Crippen LogP contribution in [0.15, 0.2) is 36.8 Å². The van der Waals surface area contributed by atoms with Crippen LogP contribution in [0.2, 0.25) is 0 Å². The van der Waals surface area contributed by atoms with Crippen molar-refractivity contribution in [3.05, 3.63) is 42.5 Å². The summed E-state index contributed by atoms with van der Waals surface area (Å²) >= 11 is 0. The van der Waals surface area contributed by atoms with Gasteiger partial charge in [-0.15, -0.1) is 0 Å². The monoisotopic (exact) mass is 350 g/mol. The SMILES string of the molecule is Cc1cc(-c2ccc3nc(NC(=O)C4CCN(C)CC4)cn3c2)cnn1. The lowest BCUT2D eigenvalue weighted by molar-refractivity contribution is -0.121. The summed E-state index contributed by atoms with van der Waals surface area (Å²) in [7, 11) is 2.09. The van der Waals surface area contributed by atoms with Gasteiger partial charge in [-0.05, 0) is 58.1 Å². The average Bonchev–Trinajstić information content (AvgIpc) is 3.03. The number of carbonyl (C=O) groups is 1. The Balaban J connectivity index is 1.53. The van der Waals surface area contributed by atoms with Gasteiger partial charge < -0.3 is 14.6 Å². The maximum atomic E-state index is 12.5. The Hall–Kier alpha value is -2.80. The summed E-state index contributed by atoms with van der Waals surface area (Å²) in [6.07, 6.45) is 7.38. The van der Waals surface area contributed by atoms with Gasteiger partial charge in [-0.2, -0.15) is 10.2 Å². The number of likely N-dealkylation sites (tertiary alicyclic amines) is 1. The molecule has 1 fully saturated rings. The van der Waals surface area contributed by atoms with Gasteiger partial charge in [0.1, 0.15) is 5.65 Å². The second kappa shape index (κ2) is 6.84. The van der Waals surface area contributed by atoms with Crippen molar-refractivity contribution in [2.75, 3.05) is 25.5 Å². The Morgan fingerprint density at radius 2 is 2.00 bits per heavy atom. The van der Waals surface area contributed by atoms with Crippen molar-refractivity contribution in [3.8, 4) is 11.1 Å². The molecule has 1 aliphatic rings. The fraction of sp³-hybridized carbons (Fsp3) is 0.368. The van der Waals surface area contributed by atoms with Crippen molar-refractivity contribution in [2.24, 2.45) is 5.92 Å². The number of amides is 1. The number of fused-ring (bicyclic) bond motifs is 1. The lowest BCUT2D eigenvalue weighted by Gasteiger charge is -2.27. The maximum absolute atomic E-state index is 12.5. The van der Waals surface area contributed by atoms with Gasteiger partial charge in [0.25, 0.3) is 0 Å². The zero-order valence-electron chi connectivity index (χ0n) is 15.0. The Labute approximate surface area is 152 Å². The van der Waals surface area contributed by atoms with Crippen molar-refractivity contribution in [1.29, 1.82) is 0 Å². The maximum Gasteiger partial charge on any atom is 0.228 e. The number of anilines is 1. The fourth-order valence-electron chi connectivity index (χ4n) is 3.35. The summed E-state index contributed by atoms with van der Waals surface area (Å²) in [5, 5.41) is 11.0. The van der Waals surface area contributed by atoms with Crippen LogP contribution in [-0.4, -0.2) is 50.5 Å². The van der Waals surface area contributed by atoms with Crippen LogP contribution in [0.1, 0.15) is 18.5 Å². The van der Waals surface area contributed by atoms with Gasteiger partial charge in [0.2, 0.25) is 5.91 Å². The number of nitrogens with one attached hydrogen (secondary N) is 1. The molecular weight excluding hydrogens is 328 g/mol. The van der Waals surface area contributed by atoms with E-state index in [0.717, 1.165) is 48.4 Å². The molecule has 1 N–H and O–H groups in total. The van der Waals surface area contributed by atoms with Crippen LogP contribution in [0.3, 0.4) is 0 Å². The van der Waals surface area contributed by atoms with Crippen molar-refractivity contribution in [1.82, 2.24) is 24.5 Å². The van der Waals surface area contributed by atoms with E-state index in [4.69, 9.17) is 0 Å². The van der Waals surface area contributed by atoms with E-state index < -0.39 is 0 Å². The number of pyridine rings is 1. The molecule has 4 heterocycles. The Morgan fingerprint density at radius 1 is 1.19 bits per heavy atom. The second-order valence-corrected chi connectivity index (χ2v) is 6.96. The number of carbonyl (C=O) groups excluding carboxylic acids is 1. The fourth-order valence-corrected chi connectivity index (χ4v) is 3.35. The molecule has 1 aliphatic heterocycles. The van der Waals surface area contributed by atoms with E-state index in [1.807, 2.05) is 41.9 Å². The number of nitrogens with zero attached hydrogens (tertiary/aromatic N) is 5. The number of aromatic nitrogens is 4. The molecule has 0 radical (unpaired) electrons. The van der Waals surface area contributed by atoms with E-state index in [-0.39, 0.29) is 11.8 Å². The number of rotatable bonds is 3. The smallest absolute Gasteiger partial charge is 0.228 e. The second-order valence-electron chi connectivity index (χ2n) is 6.96. The minimum Gasteiger partial charge on any atom is -0.309 e. The molecule has 0 aromatic carbocycles. The molecule has 0 unspecified atom stereocenters. The molecule has 1 amide bonds. The molecule has 3 aromatic heterocycles. The van der Waals surface area contributed by atoms with E-state index in [0.29, 0.717) is 5.82 Å². The first-order chi connectivity index (χ1) is 12.6. The zero-order chi connectivity index (χ0) is 18.1. The third kappa shape index (κ3) is 3.43. The molecule has 7 nitrogen and oxygen atoms in total. The summed E-state index contributed by atoms with van der Waals surface area (Å²) in [6.45, 7) is 3.85. The molecule has 134 valence electrons. The highest BCUT2D eigenvalue weighted by molar-refractivity contribution is 5.92. The number of imidazole rings is 1. The number of hydrogen-bond acceptors (Lipinski definition) is 5. The van der Waals surface area contributed by atoms with Crippen LogP contribution >= 0.6 is 0 Å². The van der Waals surface area contributed by atoms with Crippen LogP contribution in [0.4, 0.5) is 5.82 Å². The summed E-state index contributed by atoms with van der Waals surface area (Å²) < 4.78 is 1.93. The topological polar surface area (TPSA) is 75.4 Å². The molecule has 4 rings (SSSR count).